The Morgan fingerprint density at radius 1 is 0.651 bits per heavy atom. The van der Waals surface area contributed by atoms with Crippen molar-refractivity contribution in [2.75, 3.05) is 0 Å². The van der Waals surface area contributed by atoms with Crippen LogP contribution in [0.5, 0.6) is 0 Å². The van der Waals surface area contributed by atoms with Crippen LogP contribution in [0.3, 0.4) is 0 Å². The van der Waals surface area contributed by atoms with Crippen LogP contribution in [0, 0.1) is 0 Å². The second kappa shape index (κ2) is 9.58. The van der Waals surface area contributed by atoms with Crippen molar-refractivity contribution in [2.24, 2.45) is 28.2 Å². The number of aryl methyl sites for hydroxylation is 4. The maximum atomic E-state index is 5.38. The molecule has 5 aromatic heterocycles. The molecule has 0 aromatic carbocycles. The summed E-state index contributed by atoms with van der Waals surface area (Å²) in [6.45, 7) is 0. The molecule has 2 aliphatic carbocycles. The monoisotopic (exact) mass is 618 g/mol. The predicted molar refractivity (Wildman–Crippen MR) is 160 cm³/mol. The molecule has 0 spiro atoms. The maximum absolute atomic E-state index is 5.38. The van der Waals surface area contributed by atoms with Crippen molar-refractivity contribution in [3.63, 3.8) is 0 Å². The number of hydrogen-bond acceptors (Lipinski definition) is 2. The Hall–Kier alpha value is -3.84. The molecule has 4 atom stereocenters. The van der Waals surface area contributed by atoms with E-state index in [-0.39, 0.29) is 19.5 Å². The zero-order valence-corrected chi connectivity index (χ0v) is 28.2. The van der Waals surface area contributed by atoms with E-state index in [9.17, 15) is 0 Å². The van der Waals surface area contributed by atoms with Crippen LogP contribution in [0.4, 0.5) is 0 Å². The summed E-state index contributed by atoms with van der Waals surface area (Å²) in [7, 11) is 8.44. The van der Waals surface area contributed by atoms with Gasteiger partial charge in [0.15, 0.2) is 0 Å². The number of aromatic nitrogens is 8. The molecule has 0 amide bonds. The van der Waals surface area contributed by atoms with Crippen molar-refractivity contribution in [2.45, 2.75) is 49.4 Å². The van der Waals surface area contributed by atoms with Crippen molar-refractivity contribution in [3.05, 3.63) is 84.0 Å². The van der Waals surface area contributed by atoms with Crippen LogP contribution in [-0.2, 0) is 47.7 Å². The number of hydrogen-bond donors (Lipinski definition) is 0. The third kappa shape index (κ3) is 3.83. The number of imidazole rings is 2. The van der Waals surface area contributed by atoms with E-state index in [1.165, 1.54) is 0 Å². The molecule has 8 nitrogen and oxygen atoms in total. The van der Waals surface area contributed by atoms with Crippen molar-refractivity contribution in [3.8, 4) is 22.8 Å². The third-order valence-electron chi connectivity index (χ3n) is 10.3. The van der Waals surface area contributed by atoms with Gasteiger partial charge in [-0.3, -0.25) is 9.97 Å². The molecule has 9 rings (SSSR count). The Morgan fingerprint density at radius 3 is 1.42 bits per heavy atom. The summed E-state index contributed by atoms with van der Waals surface area (Å²) in [5.41, 5.74) is 10.8. The molecule has 0 saturated heterocycles. The molecule has 0 N–H and O–H groups in total. The van der Waals surface area contributed by atoms with E-state index < -0.39 is 0 Å². The predicted octanol–water partition coefficient (Wildman–Crippen LogP) is 4.55. The quantitative estimate of drug-likeness (QED) is 0.215. The minimum Gasteiger partial charge on any atom is -0.657 e. The minimum atomic E-state index is 0. The van der Waals surface area contributed by atoms with E-state index >= 15 is 0 Å². The Labute approximate surface area is 263 Å². The van der Waals surface area contributed by atoms with Gasteiger partial charge in [-0.1, -0.05) is 36.4 Å². The van der Waals surface area contributed by atoms with Gasteiger partial charge >= 0.3 is 19.5 Å². The molecule has 2 saturated carbocycles. The van der Waals surface area contributed by atoms with Gasteiger partial charge in [0, 0.05) is 35.1 Å². The molecule has 2 unspecified atom stereocenters. The summed E-state index contributed by atoms with van der Waals surface area (Å²) in [6, 6.07) is 13.1. The third-order valence-corrected chi connectivity index (χ3v) is 10.3. The van der Waals surface area contributed by atoms with Gasteiger partial charge in [-0.2, -0.15) is 0 Å². The van der Waals surface area contributed by atoms with Crippen LogP contribution >= 0.6 is 0 Å². The Bertz CT molecular complexity index is 1900. The van der Waals surface area contributed by atoms with E-state index in [0.717, 1.165) is 93.3 Å². The average molecular weight is 620 g/mol. The van der Waals surface area contributed by atoms with Gasteiger partial charge in [-0.05, 0) is 25.7 Å². The zero-order chi connectivity index (χ0) is 28.3. The Balaban J connectivity index is 0.00000278. The Morgan fingerprint density at radius 2 is 1.07 bits per heavy atom. The second-order valence-electron chi connectivity index (χ2n) is 12.7. The summed E-state index contributed by atoms with van der Waals surface area (Å²) < 4.78 is 8.77. The van der Waals surface area contributed by atoms with Gasteiger partial charge < -0.3 is 9.97 Å². The maximum Gasteiger partial charge on any atom is 2.00 e. The van der Waals surface area contributed by atoms with Gasteiger partial charge in [0.25, 0.3) is 11.6 Å². The van der Waals surface area contributed by atoms with Crippen molar-refractivity contribution in [1.29, 1.82) is 0 Å². The first-order chi connectivity index (χ1) is 20.4. The summed E-state index contributed by atoms with van der Waals surface area (Å²) in [4.78, 5) is 21.2. The van der Waals surface area contributed by atoms with Crippen molar-refractivity contribution < 1.29 is 28.6 Å². The zero-order valence-electron chi connectivity index (χ0n) is 25.2. The van der Waals surface area contributed by atoms with E-state index in [4.69, 9.17) is 19.9 Å². The first-order valence-corrected chi connectivity index (χ1v) is 15.1. The molecule has 2 fully saturated rings. The standard InChI is InChI=1S/C34H34N8.Zn/c1-39-13-14-40(2)33(39)29-25-11-5-19(35-25)17-28-22-8-10-24(22)32(38-28)30(34-41(3)15-16-42(34)4)26-12-6-20(36-26)18-27-21-7-9-23(21)31(29)37-27;/h5-6,11-18,21-24H,7-10H2,1-4H3;/q;+2/t21-,22+,23?,24?;/m0./s1. The van der Waals surface area contributed by atoms with Gasteiger partial charge in [0.2, 0.25) is 0 Å². The smallest absolute Gasteiger partial charge is 0.657 e. The van der Waals surface area contributed by atoms with Crippen LogP contribution < -0.4 is 19.1 Å². The summed E-state index contributed by atoms with van der Waals surface area (Å²) in [5, 5.41) is 0. The van der Waals surface area contributed by atoms with Crippen LogP contribution in [0.1, 0.15) is 72.1 Å². The fourth-order valence-corrected chi connectivity index (χ4v) is 7.84. The molecular weight excluding hydrogens is 586 g/mol. The number of nitrogens with zero attached hydrogens (tertiary/aromatic N) is 8. The normalized spacial score (nSPS) is 21.9. The largest absolute Gasteiger partial charge is 2.00 e. The topological polar surface area (TPSA) is 71.6 Å². The van der Waals surface area contributed by atoms with Crippen LogP contribution in [0.15, 0.2) is 61.2 Å². The van der Waals surface area contributed by atoms with E-state index in [1.807, 2.05) is 0 Å². The first kappa shape index (κ1) is 26.8. The molecule has 8 bridgehead atoms. The van der Waals surface area contributed by atoms with E-state index in [2.05, 4.69) is 108 Å². The van der Waals surface area contributed by atoms with Gasteiger partial charge in [0.05, 0.1) is 50.7 Å². The van der Waals surface area contributed by atoms with Gasteiger partial charge in [-0.25, -0.2) is 18.3 Å². The Kier molecular flexibility index (Phi) is 5.96. The van der Waals surface area contributed by atoms with Crippen LogP contribution in [-0.4, -0.2) is 19.1 Å². The van der Waals surface area contributed by atoms with Crippen molar-refractivity contribution in [1.82, 2.24) is 29.1 Å². The van der Waals surface area contributed by atoms with Gasteiger partial charge in [0.1, 0.15) is 24.8 Å². The average Bonchev–Trinajstić information content (AvgIpc) is 3.75. The molecule has 0 radical (unpaired) electrons. The summed E-state index contributed by atoms with van der Waals surface area (Å²) in [5.74, 6) is 3.93. The molecule has 5 aromatic rings. The van der Waals surface area contributed by atoms with E-state index in [1.54, 1.807) is 0 Å². The molecule has 43 heavy (non-hydrogen) atoms. The molecule has 4 aliphatic rings. The SMILES string of the molecule is Cn1cc[n+](C)c1-c1c2nc(cc3ccc([n-]3)c(-c3n(C)cc[n+]3C)c3nc(cc4ccc1[n-]4)[C@@H]1CCC31)[C@H]1CCC21.[Zn+2]. The summed E-state index contributed by atoms with van der Waals surface area (Å²) in [6.07, 6.45) is 13.1. The van der Waals surface area contributed by atoms with Crippen LogP contribution in [0.2, 0.25) is 0 Å². The molecule has 7 heterocycles. The van der Waals surface area contributed by atoms with Crippen molar-refractivity contribution >= 4 is 22.1 Å². The fourth-order valence-electron chi connectivity index (χ4n) is 7.84. The minimum absolute atomic E-state index is 0. The first-order valence-electron chi connectivity index (χ1n) is 15.1. The number of rotatable bonds is 2. The van der Waals surface area contributed by atoms with Crippen LogP contribution in [0.25, 0.3) is 44.8 Å². The fraction of sp³-hybridized carbons (Fsp3) is 0.353. The number of fused-ring (bicyclic) bond motifs is 14. The van der Waals surface area contributed by atoms with Gasteiger partial charge in [-0.15, -0.1) is 22.1 Å². The molecular formula is C34H34N8Zn+2. The molecule has 2 aliphatic heterocycles. The molecule has 9 heteroatoms. The van der Waals surface area contributed by atoms with E-state index in [0.29, 0.717) is 23.7 Å². The second-order valence-corrected chi connectivity index (χ2v) is 12.7. The summed E-state index contributed by atoms with van der Waals surface area (Å²) >= 11 is 0. The molecule has 210 valence electrons.